The van der Waals surface area contributed by atoms with Crippen molar-refractivity contribution in [3.05, 3.63) is 0 Å². The molecule has 2 rings (SSSR count). The van der Waals surface area contributed by atoms with Gasteiger partial charge in [-0.05, 0) is 25.7 Å². The summed E-state index contributed by atoms with van der Waals surface area (Å²) in [4.78, 5) is 13.3. The maximum atomic E-state index is 11.5. The van der Waals surface area contributed by atoms with Gasteiger partial charge >= 0.3 is 6.03 Å². The van der Waals surface area contributed by atoms with Gasteiger partial charge in [0.1, 0.15) is 0 Å². The van der Waals surface area contributed by atoms with Gasteiger partial charge in [0.05, 0.1) is 12.1 Å². The van der Waals surface area contributed by atoms with Gasteiger partial charge < -0.3 is 10.2 Å². The Kier molecular flexibility index (Phi) is 2.66. The summed E-state index contributed by atoms with van der Waals surface area (Å²) >= 11 is 0. The van der Waals surface area contributed by atoms with Crippen molar-refractivity contribution in [2.75, 3.05) is 7.05 Å². The smallest absolute Gasteiger partial charge is 0.317 e. The quantitative estimate of drug-likeness (QED) is 0.683. The Morgan fingerprint density at radius 1 is 1.29 bits per heavy atom. The molecule has 3 heteroatoms. The number of amides is 2. The number of rotatable bonds is 1. The molecular formula is C11H20N2O. The minimum atomic E-state index is 0.105. The predicted octanol–water partition coefficient (Wildman–Crippen LogP) is 1.98. The topological polar surface area (TPSA) is 32.3 Å². The largest absolute Gasteiger partial charge is 0.333 e. The average molecular weight is 196 g/mol. The highest BCUT2D eigenvalue weighted by atomic mass is 16.2. The number of nitrogens with one attached hydrogen (secondary N) is 1. The highest BCUT2D eigenvalue weighted by Crippen LogP contribution is 2.30. The van der Waals surface area contributed by atoms with Crippen LogP contribution in [0.4, 0.5) is 4.79 Å². The molecule has 0 aromatic carbocycles. The third kappa shape index (κ3) is 1.60. The zero-order valence-electron chi connectivity index (χ0n) is 9.12. The first-order chi connectivity index (χ1) is 6.70. The first kappa shape index (κ1) is 9.81. The van der Waals surface area contributed by atoms with E-state index in [1.807, 2.05) is 11.9 Å². The lowest BCUT2D eigenvalue weighted by Crippen LogP contribution is -2.39. The lowest BCUT2D eigenvalue weighted by atomic mass is 9.82. The second-order valence-corrected chi connectivity index (χ2v) is 4.72. The fourth-order valence-corrected chi connectivity index (χ4v) is 2.80. The van der Waals surface area contributed by atoms with Crippen LogP contribution in [0.1, 0.15) is 39.0 Å². The molecule has 1 saturated carbocycles. The summed E-state index contributed by atoms with van der Waals surface area (Å²) in [6.07, 6.45) is 6.65. The van der Waals surface area contributed by atoms with Crippen LogP contribution in [0, 0.1) is 5.92 Å². The van der Waals surface area contributed by atoms with Crippen molar-refractivity contribution in [2.45, 2.75) is 51.1 Å². The number of carbonyl (C=O) groups excluding carboxylic acids is 1. The molecule has 1 saturated heterocycles. The monoisotopic (exact) mass is 196 g/mol. The number of nitrogens with zero attached hydrogens (tertiary/aromatic N) is 1. The van der Waals surface area contributed by atoms with Crippen LogP contribution in [0.25, 0.3) is 0 Å². The van der Waals surface area contributed by atoms with E-state index in [0.29, 0.717) is 18.0 Å². The maximum Gasteiger partial charge on any atom is 0.317 e. The molecule has 2 unspecified atom stereocenters. The number of hydrogen-bond donors (Lipinski definition) is 1. The Balaban J connectivity index is 2.00. The molecule has 0 aromatic rings. The summed E-state index contributed by atoms with van der Waals surface area (Å²) < 4.78 is 0. The zero-order valence-corrected chi connectivity index (χ0v) is 9.12. The minimum absolute atomic E-state index is 0.105. The van der Waals surface area contributed by atoms with E-state index in [4.69, 9.17) is 0 Å². The van der Waals surface area contributed by atoms with Gasteiger partial charge in [-0.3, -0.25) is 0 Å². The van der Waals surface area contributed by atoms with Gasteiger partial charge in [0.25, 0.3) is 0 Å². The molecule has 0 radical (unpaired) electrons. The van der Waals surface area contributed by atoms with Crippen molar-refractivity contribution >= 4 is 6.03 Å². The summed E-state index contributed by atoms with van der Waals surface area (Å²) in [5, 5.41) is 3.11. The van der Waals surface area contributed by atoms with E-state index in [2.05, 4.69) is 12.2 Å². The number of carbonyl (C=O) groups is 1. The first-order valence-corrected chi connectivity index (χ1v) is 5.73. The Hall–Kier alpha value is -0.730. The maximum absolute atomic E-state index is 11.5. The number of urea groups is 1. The Morgan fingerprint density at radius 2 is 1.93 bits per heavy atom. The Labute approximate surface area is 85.8 Å². The molecule has 1 aliphatic carbocycles. The molecule has 0 aromatic heterocycles. The second kappa shape index (κ2) is 3.79. The zero-order chi connectivity index (χ0) is 10.1. The van der Waals surface area contributed by atoms with E-state index in [9.17, 15) is 4.79 Å². The summed E-state index contributed by atoms with van der Waals surface area (Å²) in [6, 6.07) is 0.867. The molecule has 0 bridgehead atoms. The van der Waals surface area contributed by atoms with Crippen LogP contribution >= 0.6 is 0 Å². The first-order valence-electron chi connectivity index (χ1n) is 5.73. The fraction of sp³-hybridized carbons (Fsp3) is 0.909. The standard InChI is InChI=1S/C11H20N2O/c1-8-10(12-11(14)13(8)2)9-6-4-3-5-7-9/h8-10H,3-7H2,1-2H3,(H,12,14). The normalized spacial score (nSPS) is 34.7. The van der Waals surface area contributed by atoms with Crippen LogP contribution in [0.2, 0.25) is 0 Å². The minimum Gasteiger partial charge on any atom is -0.333 e. The van der Waals surface area contributed by atoms with Crippen molar-refractivity contribution in [2.24, 2.45) is 5.92 Å². The van der Waals surface area contributed by atoms with Gasteiger partial charge in [0.15, 0.2) is 0 Å². The van der Waals surface area contributed by atoms with Gasteiger partial charge in [-0.25, -0.2) is 4.79 Å². The summed E-state index contributed by atoms with van der Waals surface area (Å²) in [6.45, 7) is 2.15. The van der Waals surface area contributed by atoms with Crippen molar-refractivity contribution < 1.29 is 4.79 Å². The summed E-state index contributed by atoms with van der Waals surface area (Å²) in [7, 11) is 1.89. The van der Waals surface area contributed by atoms with Gasteiger partial charge in [-0.15, -0.1) is 0 Å². The molecule has 1 heterocycles. The molecule has 14 heavy (non-hydrogen) atoms. The predicted molar refractivity (Wildman–Crippen MR) is 56.1 cm³/mol. The highest BCUT2D eigenvalue weighted by Gasteiger charge is 2.38. The SMILES string of the molecule is CC1C(C2CCCCC2)NC(=O)N1C. The molecular weight excluding hydrogens is 176 g/mol. The highest BCUT2D eigenvalue weighted by molar-refractivity contribution is 5.77. The molecule has 2 atom stereocenters. The van der Waals surface area contributed by atoms with E-state index in [-0.39, 0.29) is 6.03 Å². The van der Waals surface area contributed by atoms with Crippen LogP contribution in [0.15, 0.2) is 0 Å². The van der Waals surface area contributed by atoms with Gasteiger partial charge in [0, 0.05) is 7.05 Å². The summed E-state index contributed by atoms with van der Waals surface area (Å²) in [5.74, 6) is 0.715. The molecule has 3 nitrogen and oxygen atoms in total. The average Bonchev–Trinajstić information content (AvgIpc) is 2.47. The van der Waals surface area contributed by atoms with Crippen LogP contribution in [0.3, 0.4) is 0 Å². The number of likely N-dealkylation sites (N-methyl/N-ethyl adjacent to an activating group) is 1. The van der Waals surface area contributed by atoms with E-state index in [1.165, 1.54) is 32.1 Å². The lowest BCUT2D eigenvalue weighted by molar-refractivity contribution is 0.214. The fourth-order valence-electron chi connectivity index (χ4n) is 2.80. The summed E-state index contributed by atoms with van der Waals surface area (Å²) in [5.41, 5.74) is 0. The molecule has 1 aliphatic heterocycles. The molecule has 80 valence electrons. The van der Waals surface area contributed by atoms with Gasteiger partial charge in [-0.1, -0.05) is 19.3 Å². The van der Waals surface area contributed by atoms with E-state index in [1.54, 1.807) is 0 Å². The van der Waals surface area contributed by atoms with Crippen molar-refractivity contribution in [3.63, 3.8) is 0 Å². The third-order valence-corrected chi connectivity index (χ3v) is 3.90. The Morgan fingerprint density at radius 3 is 2.43 bits per heavy atom. The van der Waals surface area contributed by atoms with E-state index >= 15 is 0 Å². The van der Waals surface area contributed by atoms with Crippen molar-refractivity contribution in [1.82, 2.24) is 10.2 Å². The van der Waals surface area contributed by atoms with E-state index in [0.717, 1.165) is 0 Å². The molecule has 2 amide bonds. The molecule has 0 spiro atoms. The number of hydrogen-bond acceptors (Lipinski definition) is 1. The van der Waals surface area contributed by atoms with Gasteiger partial charge in [-0.2, -0.15) is 0 Å². The van der Waals surface area contributed by atoms with Crippen LogP contribution in [-0.4, -0.2) is 30.1 Å². The van der Waals surface area contributed by atoms with Gasteiger partial charge in [0.2, 0.25) is 0 Å². The van der Waals surface area contributed by atoms with E-state index < -0.39 is 0 Å². The molecule has 2 fully saturated rings. The van der Waals surface area contributed by atoms with Crippen LogP contribution in [0.5, 0.6) is 0 Å². The Bertz CT molecular complexity index is 223. The lowest BCUT2D eigenvalue weighted by Gasteiger charge is -2.30. The van der Waals surface area contributed by atoms with Crippen LogP contribution < -0.4 is 5.32 Å². The second-order valence-electron chi connectivity index (χ2n) is 4.72. The molecule has 1 N–H and O–H groups in total. The third-order valence-electron chi connectivity index (χ3n) is 3.90. The van der Waals surface area contributed by atoms with Crippen molar-refractivity contribution in [3.8, 4) is 0 Å². The molecule has 2 aliphatic rings. The van der Waals surface area contributed by atoms with Crippen LogP contribution in [-0.2, 0) is 0 Å². The van der Waals surface area contributed by atoms with Crippen molar-refractivity contribution in [1.29, 1.82) is 0 Å².